The van der Waals surface area contributed by atoms with Gasteiger partial charge >= 0.3 is 17.1 Å². The molecule has 4 heavy (non-hydrogen) atoms. The van der Waals surface area contributed by atoms with Crippen molar-refractivity contribution in [1.82, 2.24) is 0 Å². The Kier molecular flexibility index (Phi) is 20.0. The Morgan fingerprint density at radius 1 is 1.75 bits per heavy atom. The molecule has 0 spiro atoms. The molecule has 0 rings (SSSR count). The fourth-order valence-electron chi connectivity index (χ4n) is 0. The summed E-state index contributed by atoms with van der Waals surface area (Å²) in [4.78, 5) is 0. The summed E-state index contributed by atoms with van der Waals surface area (Å²) in [6, 6.07) is 0. The molecule has 0 aliphatic heterocycles. The second kappa shape index (κ2) is 9.01. The standard InChI is InChI=1S/BHO2.Gd/c2-1-3;/h2H;. The molecule has 24 valence electrons. The zero-order valence-corrected chi connectivity index (χ0v) is 4.05. The normalized spacial score (nSPS) is 2.00. The minimum absolute atomic E-state index is 0. The van der Waals surface area contributed by atoms with Crippen LogP contribution in [0.25, 0.3) is 0 Å². The third-order valence-corrected chi connectivity index (χ3v) is 0. The molecule has 0 fully saturated rings. The third kappa shape index (κ3) is 12.1. The molecule has 0 aromatic heterocycles. The molecule has 0 heterocycles. The van der Waals surface area contributed by atoms with Crippen molar-refractivity contribution in [2.24, 2.45) is 0 Å². The van der Waals surface area contributed by atoms with Crippen molar-refractivity contribution in [2.75, 3.05) is 0 Å². The van der Waals surface area contributed by atoms with Crippen molar-refractivity contribution in [2.45, 2.75) is 0 Å². The smallest absolute Gasteiger partial charge is 0 e. The average molecular weight is 201 g/mol. The second-order valence-electron chi connectivity index (χ2n) is 0.105. The van der Waals surface area contributed by atoms with Crippen LogP contribution in [0.3, 0.4) is 0 Å². The predicted octanol–water partition coefficient (Wildman–Crippen LogP) is -1.06. The van der Waals surface area contributed by atoms with E-state index in [0.29, 0.717) is 0 Å². The predicted molar refractivity (Wildman–Crippen MR) is 8.66 cm³/mol. The summed E-state index contributed by atoms with van der Waals surface area (Å²) in [5, 5.41) is 6.89. The maximum Gasteiger partial charge on any atom is 0 e. The maximum atomic E-state index is 8.36. The molecule has 0 amide bonds. The van der Waals surface area contributed by atoms with Crippen LogP contribution in [-0.4, -0.2) is 12.4 Å². The summed E-state index contributed by atoms with van der Waals surface area (Å²) in [5.74, 6) is 0. The quantitative estimate of drug-likeness (QED) is 0.507. The van der Waals surface area contributed by atoms with Gasteiger partial charge in [-0.25, -0.2) is 0 Å². The first-order chi connectivity index (χ1) is 1.41. The minimum Gasteiger partial charge on any atom is 0 e. The van der Waals surface area contributed by atoms with Crippen molar-refractivity contribution in [3.63, 3.8) is 0 Å². The molecule has 0 atom stereocenters. The molecule has 2 nitrogen and oxygen atoms in total. The summed E-state index contributed by atoms with van der Waals surface area (Å²) in [6.07, 6.45) is 0. The van der Waals surface area contributed by atoms with E-state index in [0.717, 1.165) is 0 Å². The van der Waals surface area contributed by atoms with Crippen molar-refractivity contribution in [3.8, 4) is 0 Å². The first kappa shape index (κ1) is 8.89. The molecule has 0 unspecified atom stereocenters. The van der Waals surface area contributed by atoms with Crippen molar-refractivity contribution >= 4 is 7.35 Å². The van der Waals surface area contributed by atoms with E-state index in [1.54, 1.807) is 0 Å². The SMILES string of the molecule is O=BO.[Gd]. The summed E-state index contributed by atoms with van der Waals surface area (Å²) >= 11 is 0. The van der Waals surface area contributed by atoms with Crippen molar-refractivity contribution < 1.29 is 49.7 Å². The minimum atomic E-state index is -0.250. The molecule has 0 aromatic carbocycles. The fraction of sp³-hybridized carbons (Fsp3) is 0. The molecular weight excluding hydrogens is 200 g/mol. The van der Waals surface area contributed by atoms with Crippen LogP contribution in [0, 0.1) is 39.9 Å². The van der Waals surface area contributed by atoms with Gasteiger partial charge in [-0.05, 0) is 0 Å². The Labute approximate surface area is 56.6 Å². The van der Waals surface area contributed by atoms with Gasteiger partial charge in [0.15, 0.2) is 0 Å². The van der Waals surface area contributed by atoms with Gasteiger partial charge in [-0.3, -0.25) is 0 Å². The van der Waals surface area contributed by atoms with Crippen LogP contribution in [0.5, 0.6) is 0 Å². The third-order valence-electron chi connectivity index (χ3n) is 0. The topological polar surface area (TPSA) is 37.3 Å². The van der Waals surface area contributed by atoms with E-state index >= 15 is 0 Å². The molecule has 0 aromatic rings. The first-order valence-electron chi connectivity index (χ1n) is 0.494. The van der Waals surface area contributed by atoms with Crippen LogP contribution in [0.4, 0.5) is 0 Å². The van der Waals surface area contributed by atoms with E-state index in [4.69, 9.17) is 9.73 Å². The largest absolute Gasteiger partial charge is 0 e. The van der Waals surface area contributed by atoms with Gasteiger partial charge in [-0.1, -0.05) is 0 Å². The van der Waals surface area contributed by atoms with Crippen LogP contribution in [0.1, 0.15) is 0 Å². The van der Waals surface area contributed by atoms with E-state index in [1.165, 1.54) is 0 Å². The van der Waals surface area contributed by atoms with Gasteiger partial charge in [0.25, 0.3) is 0 Å². The van der Waals surface area contributed by atoms with Crippen LogP contribution < -0.4 is 0 Å². The van der Waals surface area contributed by atoms with Crippen molar-refractivity contribution in [3.05, 3.63) is 0 Å². The van der Waals surface area contributed by atoms with Crippen LogP contribution in [0.2, 0.25) is 0 Å². The van der Waals surface area contributed by atoms with Gasteiger partial charge in [0.1, 0.15) is 0 Å². The molecule has 0 aliphatic rings. The van der Waals surface area contributed by atoms with E-state index in [1.807, 2.05) is 0 Å². The van der Waals surface area contributed by atoms with Gasteiger partial charge in [-0.2, -0.15) is 0 Å². The number of rotatable bonds is 0. The molecule has 1 N–H and O–H groups in total. The molecule has 0 saturated carbocycles. The average Bonchev–Trinajstić information content (AvgIpc) is 0.918. The second-order valence-corrected chi connectivity index (χ2v) is 0.105. The number of hydrogen-bond acceptors (Lipinski definition) is 1. The van der Waals surface area contributed by atoms with Gasteiger partial charge in [0.2, 0.25) is 0 Å². The molecule has 0 aliphatic carbocycles. The summed E-state index contributed by atoms with van der Waals surface area (Å²) in [6.45, 7) is 0. The zero-order chi connectivity index (χ0) is 2.71. The van der Waals surface area contributed by atoms with Gasteiger partial charge in [0.05, 0.1) is 0 Å². The fourth-order valence-corrected chi connectivity index (χ4v) is 0. The molecule has 4 heteroatoms. The van der Waals surface area contributed by atoms with Gasteiger partial charge < -0.3 is 0 Å². The Bertz CT molecular complexity index is 13.5. The van der Waals surface area contributed by atoms with Crippen LogP contribution in [0.15, 0.2) is 0 Å². The first-order valence-corrected chi connectivity index (χ1v) is 0.494. The Balaban J connectivity index is 0. The van der Waals surface area contributed by atoms with Crippen molar-refractivity contribution in [1.29, 1.82) is 0 Å². The summed E-state index contributed by atoms with van der Waals surface area (Å²) < 4.78 is 8.36. The van der Waals surface area contributed by atoms with Gasteiger partial charge in [0, 0.05) is 39.9 Å². The van der Waals surface area contributed by atoms with E-state index in [-0.39, 0.29) is 47.3 Å². The Morgan fingerprint density at radius 2 is 1.75 bits per heavy atom. The Hall–Kier alpha value is 0.990. The van der Waals surface area contributed by atoms with Gasteiger partial charge in [-0.15, -0.1) is 0 Å². The monoisotopic (exact) mass is 202 g/mol. The number of hydrogen-bond donors (Lipinski definition) is 1. The summed E-state index contributed by atoms with van der Waals surface area (Å²) in [5.41, 5.74) is 0. The van der Waals surface area contributed by atoms with E-state index in [9.17, 15) is 0 Å². The molecule has 0 radical (unpaired) electrons. The van der Waals surface area contributed by atoms with E-state index in [2.05, 4.69) is 0 Å². The zero-order valence-electron chi connectivity index (χ0n) is 1.79. The maximum absolute atomic E-state index is 8.36. The molecular formula is HBGdO2. The van der Waals surface area contributed by atoms with Crippen LogP contribution >= 0.6 is 0 Å². The van der Waals surface area contributed by atoms with Crippen LogP contribution in [-0.2, 0) is 4.70 Å². The summed E-state index contributed by atoms with van der Waals surface area (Å²) in [7, 11) is -0.250. The van der Waals surface area contributed by atoms with E-state index < -0.39 is 0 Å². The molecule has 0 bridgehead atoms. The Morgan fingerprint density at radius 3 is 1.75 bits per heavy atom. The molecule has 0 saturated heterocycles.